The van der Waals surface area contributed by atoms with Crippen LogP contribution in [0.3, 0.4) is 0 Å². The maximum absolute atomic E-state index is 13.2. The normalized spacial score (nSPS) is 12.8. The Labute approximate surface area is 128 Å². The van der Waals surface area contributed by atoms with Crippen LogP contribution in [0.1, 0.15) is 16.5 Å². The van der Waals surface area contributed by atoms with Crippen molar-refractivity contribution in [1.29, 1.82) is 0 Å². The summed E-state index contributed by atoms with van der Waals surface area (Å²) in [6.45, 7) is 0. The Bertz CT molecular complexity index is 753. The molecular weight excluding hydrogens is 339 g/mol. The highest BCUT2D eigenvalue weighted by atomic mass is 79.9. The van der Waals surface area contributed by atoms with E-state index >= 15 is 0 Å². The highest BCUT2D eigenvalue weighted by molar-refractivity contribution is 9.10. The first-order valence-electron chi connectivity index (χ1n) is 6.24. The number of aliphatic hydroxyl groups is 1. The molecule has 3 rings (SSSR count). The van der Waals surface area contributed by atoms with Crippen LogP contribution in [-0.2, 0) is 6.42 Å². The average Bonchev–Trinajstić information content (AvgIpc) is 2.84. The lowest BCUT2D eigenvalue weighted by atomic mass is 10.1. The molecule has 1 N–H and O–H groups in total. The van der Waals surface area contributed by atoms with E-state index in [-0.39, 0.29) is 5.82 Å². The maximum Gasteiger partial charge on any atom is 0.124 e. The second-order valence-corrected chi connectivity index (χ2v) is 6.61. The predicted molar refractivity (Wildman–Crippen MR) is 84.6 cm³/mol. The molecule has 0 radical (unpaired) electrons. The zero-order valence-electron chi connectivity index (χ0n) is 10.5. The van der Waals surface area contributed by atoms with E-state index in [1.54, 1.807) is 6.07 Å². The molecule has 1 atom stereocenters. The monoisotopic (exact) mass is 350 g/mol. The molecule has 2 aromatic carbocycles. The molecule has 1 heterocycles. The molecule has 0 bridgehead atoms. The number of benzene rings is 2. The molecule has 0 saturated heterocycles. The van der Waals surface area contributed by atoms with Gasteiger partial charge < -0.3 is 5.11 Å². The summed E-state index contributed by atoms with van der Waals surface area (Å²) in [5, 5.41) is 11.3. The fourth-order valence-electron chi connectivity index (χ4n) is 2.16. The van der Waals surface area contributed by atoms with Crippen molar-refractivity contribution < 1.29 is 9.50 Å². The highest BCUT2D eigenvalue weighted by Gasteiger charge is 2.14. The Morgan fingerprint density at radius 2 is 1.95 bits per heavy atom. The first-order chi connectivity index (χ1) is 9.63. The van der Waals surface area contributed by atoms with Crippen LogP contribution in [0, 0.1) is 5.82 Å². The number of aliphatic hydroxyl groups excluding tert-OH is 1. The summed E-state index contributed by atoms with van der Waals surface area (Å²) in [4.78, 5) is 0.862. The molecule has 0 spiro atoms. The molecule has 0 aliphatic heterocycles. The van der Waals surface area contributed by atoms with Gasteiger partial charge >= 0.3 is 0 Å². The second kappa shape index (κ2) is 5.64. The van der Waals surface area contributed by atoms with Gasteiger partial charge in [-0.05, 0) is 35.2 Å². The fourth-order valence-corrected chi connectivity index (χ4v) is 3.68. The zero-order chi connectivity index (χ0) is 14.1. The molecule has 1 nitrogen and oxygen atoms in total. The van der Waals surface area contributed by atoms with Crippen molar-refractivity contribution in [3.05, 3.63) is 69.3 Å². The van der Waals surface area contributed by atoms with E-state index in [0.29, 0.717) is 6.42 Å². The third-order valence-corrected chi connectivity index (χ3v) is 5.17. The van der Waals surface area contributed by atoms with E-state index in [1.807, 2.05) is 30.3 Å². The van der Waals surface area contributed by atoms with Gasteiger partial charge in [-0.1, -0.05) is 40.2 Å². The fraction of sp³-hybridized carbons (Fsp3) is 0.125. The van der Waals surface area contributed by atoms with Crippen molar-refractivity contribution in [2.24, 2.45) is 0 Å². The van der Waals surface area contributed by atoms with Crippen molar-refractivity contribution in [3.8, 4) is 0 Å². The lowest BCUT2D eigenvalue weighted by Gasteiger charge is -2.09. The van der Waals surface area contributed by atoms with Crippen LogP contribution in [0.5, 0.6) is 0 Å². The summed E-state index contributed by atoms with van der Waals surface area (Å²) in [6, 6.07) is 14.5. The minimum Gasteiger partial charge on any atom is -0.387 e. The molecule has 1 unspecified atom stereocenters. The summed E-state index contributed by atoms with van der Waals surface area (Å²) in [5.74, 6) is -0.244. The van der Waals surface area contributed by atoms with Gasteiger partial charge in [-0.3, -0.25) is 0 Å². The van der Waals surface area contributed by atoms with Gasteiger partial charge in [0.25, 0.3) is 0 Å². The van der Waals surface area contributed by atoms with Crippen LogP contribution in [0.25, 0.3) is 10.1 Å². The number of rotatable bonds is 3. The van der Waals surface area contributed by atoms with Gasteiger partial charge in [0.15, 0.2) is 0 Å². The van der Waals surface area contributed by atoms with Crippen LogP contribution < -0.4 is 0 Å². The van der Waals surface area contributed by atoms with Crippen molar-refractivity contribution in [2.75, 3.05) is 0 Å². The third-order valence-electron chi connectivity index (χ3n) is 3.20. The van der Waals surface area contributed by atoms with Crippen LogP contribution >= 0.6 is 27.3 Å². The van der Waals surface area contributed by atoms with Crippen LogP contribution in [0.2, 0.25) is 0 Å². The molecule has 0 amide bonds. The van der Waals surface area contributed by atoms with E-state index in [2.05, 4.69) is 15.9 Å². The lowest BCUT2D eigenvalue weighted by Crippen LogP contribution is -1.99. The predicted octanol–water partition coefficient (Wildman–Crippen LogP) is 5.08. The van der Waals surface area contributed by atoms with Gasteiger partial charge in [-0.25, -0.2) is 4.39 Å². The van der Waals surface area contributed by atoms with E-state index in [9.17, 15) is 9.50 Å². The van der Waals surface area contributed by atoms with E-state index in [1.165, 1.54) is 23.5 Å². The van der Waals surface area contributed by atoms with Gasteiger partial charge in [-0.15, -0.1) is 11.3 Å². The van der Waals surface area contributed by atoms with Crippen molar-refractivity contribution in [3.63, 3.8) is 0 Å². The van der Waals surface area contributed by atoms with Crippen LogP contribution in [-0.4, -0.2) is 5.11 Å². The van der Waals surface area contributed by atoms with Crippen LogP contribution in [0.15, 0.2) is 53.0 Å². The van der Waals surface area contributed by atoms with Crippen LogP contribution in [0.4, 0.5) is 4.39 Å². The smallest absolute Gasteiger partial charge is 0.124 e. The third kappa shape index (κ3) is 2.77. The molecule has 0 aliphatic rings. The minimum atomic E-state index is -0.575. The largest absolute Gasteiger partial charge is 0.387 e. The van der Waals surface area contributed by atoms with Crippen molar-refractivity contribution >= 4 is 37.4 Å². The first-order valence-corrected chi connectivity index (χ1v) is 7.85. The number of hydrogen-bond donors (Lipinski definition) is 1. The molecule has 0 aliphatic carbocycles. The second-order valence-electron chi connectivity index (χ2n) is 4.64. The van der Waals surface area contributed by atoms with Gasteiger partial charge in [0.2, 0.25) is 0 Å². The highest BCUT2D eigenvalue weighted by Crippen LogP contribution is 2.33. The Hall–Kier alpha value is -1.23. The van der Waals surface area contributed by atoms with Gasteiger partial charge in [-0.2, -0.15) is 0 Å². The van der Waals surface area contributed by atoms with Gasteiger partial charge in [0.05, 0.1) is 6.10 Å². The van der Waals surface area contributed by atoms with Crippen molar-refractivity contribution in [2.45, 2.75) is 12.5 Å². The summed E-state index contributed by atoms with van der Waals surface area (Å²) in [7, 11) is 0. The number of fused-ring (bicyclic) bond motifs is 1. The number of hydrogen-bond acceptors (Lipinski definition) is 2. The Morgan fingerprint density at radius 1 is 1.15 bits per heavy atom. The summed E-state index contributed by atoms with van der Waals surface area (Å²) in [5.41, 5.74) is 1.06. The van der Waals surface area contributed by atoms with E-state index in [4.69, 9.17) is 0 Å². The molecule has 102 valence electrons. The Balaban J connectivity index is 1.89. The lowest BCUT2D eigenvalue weighted by molar-refractivity contribution is 0.182. The zero-order valence-corrected chi connectivity index (χ0v) is 12.9. The topological polar surface area (TPSA) is 20.2 Å². The number of thiophene rings is 1. The Kier molecular flexibility index (Phi) is 3.87. The molecular formula is C16H12BrFOS. The van der Waals surface area contributed by atoms with E-state index < -0.39 is 6.10 Å². The summed E-state index contributed by atoms with van der Waals surface area (Å²) < 4.78 is 15.0. The molecule has 3 aromatic rings. The summed E-state index contributed by atoms with van der Waals surface area (Å²) >= 11 is 4.92. The molecule has 1 aromatic heterocycles. The molecule has 4 heteroatoms. The van der Waals surface area contributed by atoms with Gasteiger partial charge in [0.1, 0.15) is 5.82 Å². The standard InChI is InChI=1S/C16H12BrFOS/c17-13-4-2-1-3-10(13)7-14(19)16-8-11-5-6-12(18)9-15(11)20-16/h1-6,8-9,14,19H,7H2. The van der Waals surface area contributed by atoms with E-state index in [0.717, 1.165) is 25.0 Å². The van der Waals surface area contributed by atoms with Crippen molar-refractivity contribution in [1.82, 2.24) is 0 Å². The molecule has 0 fully saturated rings. The SMILES string of the molecule is OC(Cc1ccccc1Br)c1cc2ccc(F)cc2s1. The van der Waals surface area contributed by atoms with Gasteiger partial charge in [0, 0.05) is 20.5 Å². The molecule has 0 saturated carbocycles. The molecule has 20 heavy (non-hydrogen) atoms. The average molecular weight is 351 g/mol. The maximum atomic E-state index is 13.2. The minimum absolute atomic E-state index is 0.244. The first kappa shape index (κ1) is 13.7. The number of halogens is 2. The Morgan fingerprint density at radius 3 is 2.75 bits per heavy atom. The quantitative estimate of drug-likeness (QED) is 0.698. The summed E-state index contributed by atoms with van der Waals surface area (Å²) in [6.07, 6.45) is -0.0364.